The number of fused-ring (bicyclic) bond motifs is 5. The first kappa shape index (κ1) is 98.7. The Morgan fingerprint density at radius 2 is 0.929 bits per heavy atom. The van der Waals surface area contributed by atoms with E-state index in [2.05, 4.69) is 57.8 Å². The summed E-state index contributed by atoms with van der Waals surface area (Å²) in [5.41, 5.74) is 21.1. The molecule has 19 N–H and O–H groups in total. The summed E-state index contributed by atoms with van der Waals surface area (Å²) in [6, 6.07) is 0.109. The number of hydrogen-bond acceptors (Lipinski definition) is 20. The normalized spacial score (nSPS) is 26.3. The molecule has 0 bridgehead atoms. The third-order valence-electron chi connectivity index (χ3n) is 24.2. The van der Waals surface area contributed by atoms with Crippen molar-refractivity contribution in [3.8, 4) is 5.75 Å². The third kappa shape index (κ3) is 25.6. The van der Waals surface area contributed by atoms with Gasteiger partial charge in [-0.2, -0.15) is 0 Å². The Labute approximate surface area is 738 Å². The van der Waals surface area contributed by atoms with Crippen LogP contribution in [0.15, 0.2) is 85.2 Å². The van der Waals surface area contributed by atoms with E-state index in [1.54, 1.807) is 56.6 Å². The quantitative estimate of drug-likeness (QED) is 0.0440. The van der Waals surface area contributed by atoms with E-state index in [0.717, 1.165) is 14.7 Å². The average Bonchev–Trinajstić information content (AvgIpc) is 1.73. The maximum atomic E-state index is 15.8. The van der Waals surface area contributed by atoms with Crippen LogP contribution in [0.25, 0.3) is 21.8 Å². The van der Waals surface area contributed by atoms with Gasteiger partial charge >= 0.3 is 0 Å². The van der Waals surface area contributed by atoms with Crippen molar-refractivity contribution in [3.63, 3.8) is 0 Å². The summed E-state index contributed by atoms with van der Waals surface area (Å²) in [6.07, 6.45) is 2.92. The van der Waals surface area contributed by atoms with Crippen molar-refractivity contribution in [2.75, 3.05) is 60.4 Å². The molecule has 38 nitrogen and oxygen atoms in total. The zero-order chi connectivity index (χ0) is 92.8. The van der Waals surface area contributed by atoms with Crippen LogP contribution in [0.4, 0.5) is 0 Å². The van der Waals surface area contributed by atoms with Crippen LogP contribution >= 0.6 is 0 Å². The first-order valence-electron chi connectivity index (χ1n) is 44.1. The molecule has 9 rings (SSSR count). The molecular weight excluding hydrogens is 1640 g/mol. The SMILES string of the molecule is CCCC[C@H]1C(=O)N(C)[C@@H](CCCC)C(=O)N[C@@H](CC(C)C)C(=O)N2CCC[C@@H]2C(=O)NCC(=O)N[C@@H](Cc2ccc(O)cc2)C(=O)N(C)[C@@H](C)C(=O)N[C@@H](CC(N)=O)C(=O)N2CCC[C@H]2C(=O)N[C@@H](CN)C(=O)N[C@@H](CC(C)C)C(=O)N2C[C@H](O)C[C@H]2C(=O)N[C@@H](Cc2c[nH]c3ccccc23)C(=O)N[C@@H](CCN)C(=O)N[C@@H](Cc2c[nH]c3ccccc23)C(=O)N1C. The number of nitrogens with one attached hydrogen (secondary N) is 11. The van der Waals surface area contributed by atoms with Crippen LogP contribution in [0.3, 0.4) is 0 Å². The molecule has 4 aliphatic heterocycles. The van der Waals surface area contributed by atoms with E-state index >= 15 is 38.4 Å². The summed E-state index contributed by atoms with van der Waals surface area (Å²) in [4.78, 5) is 250. The van der Waals surface area contributed by atoms with Crippen molar-refractivity contribution in [1.29, 1.82) is 0 Å². The molecule has 5 aromatic rings. The van der Waals surface area contributed by atoms with Crippen LogP contribution in [0.5, 0.6) is 5.75 Å². The Balaban J connectivity index is 1.07. The number of aromatic hydroxyl groups is 1. The maximum Gasteiger partial charge on any atom is 0.246 e. The number of nitrogens with two attached hydrogens (primary N) is 3. The van der Waals surface area contributed by atoms with Gasteiger partial charge in [-0.05, 0) is 124 Å². The number of phenolic OH excluding ortho intramolecular Hbond substituents is 1. The molecule has 692 valence electrons. The van der Waals surface area contributed by atoms with Gasteiger partial charge in [-0.1, -0.05) is 116 Å². The van der Waals surface area contributed by atoms with Gasteiger partial charge in [0, 0.05) is 107 Å². The highest BCUT2D eigenvalue weighted by Crippen LogP contribution is 2.29. The lowest BCUT2D eigenvalue weighted by molar-refractivity contribution is -0.150. The number of rotatable bonds is 21. The largest absolute Gasteiger partial charge is 0.508 e. The fraction of sp³-hybridized carbons (Fsp3) is 0.573. The number of aliphatic hydroxyl groups is 1. The fourth-order valence-corrected chi connectivity index (χ4v) is 17.1. The van der Waals surface area contributed by atoms with E-state index in [9.17, 15) is 48.6 Å². The van der Waals surface area contributed by atoms with Crippen molar-refractivity contribution in [2.45, 2.75) is 255 Å². The van der Waals surface area contributed by atoms with Crippen molar-refractivity contribution in [1.82, 2.24) is 87.2 Å². The zero-order valence-electron chi connectivity index (χ0n) is 74.2. The van der Waals surface area contributed by atoms with Gasteiger partial charge in [-0.15, -0.1) is 0 Å². The van der Waals surface area contributed by atoms with Gasteiger partial charge in [0.25, 0.3) is 0 Å². The minimum atomic E-state index is -1.74. The number of aromatic amines is 2. The number of aliphatic hydroxyl groups excluding tert-OH is 1. The number of phenols is 1. The maximum absolute atomic E-state index is 15.8. The Hall–Kier alpha value is -12.1. The first-order chi connectivity index (χ1) is 60.5. The van der Waals surface area contributed by atoms with E-state index in [1.807, 2.05) is 45.9 Å². The van der Waals surface area contributed by atoms with Crippen LogP contribution in [0, 0.1) is 11.8 Å². The minimum Gasteiger partial charge on any atom is -0.508 e. The number of nitrogens with zero attached hydrogens (tertiary/aromatic N) is 6. The molecule has 0 aliphatic carbocycles. The monoisotopic (exact) mass is 1760 g/mol. The van der Waals surface area contributed by atoms with Crippen LogP contribution in [-0.4, -0.2) is 295 Å². The van der Waals surface area contributed by atoms with Crippen molar-refractivity contribution in [2.24, 2.45) is 29.0 Å². The number of para-hydroxylation sites is 2. The van der Waals surface area contributed by atoms with E-state index in [1.165, 1.54) is 67.0 Å². The molecule has 2 aromatic heterocycles. The Morgan fingerprint density at radius 1 is 0.472 bits per heavy atom. The van der Waals surface area contributed by atoms with Gasteiger partial charge in [0.15, 0.2) is 0 Å². The number of primary amides is 1. The lowest BCUT2D eigenvalue weighted by Crippen LogP contribution is -2.62. The second kappa shape index (κ2) is 45.9. The molecule has 0 unspecified atom stereocenters. The highest BCUT2D eigenvalue weighted by molar-refractivity contribution is 6.03. The van der Waals surface area contributed by atoms with E-state index in [-0.39, 0.29) is 114 Å². The molecule has 0 spiro atoms. The molecule has 16 amide bonds. The lowest BCUT2D eigenvalue weighted by atomic mass is 9.99. The molecule has 0 radical (unpaired) electrons. The van der Waals surface area contributed by atoms with E-state index in [0.29, 0.717) is 70.6 Å². The van der Waals surface area contributed by atoms with Crippen LogP contribution < -0.4 is 65.1 Å². The number of amides is 16. The topological polar surface area (TPSA) is 551 Å². The smallest absolute Gasteiger partial charge is 0.246 e. The van der Waals surface area contributed by atoms with Crippen LogP contribution in [0.2, 0.25) is 0 Å². The Morgan fingerprint density at radius 3 is 1.49 bits per heavy atom. The van der Waals surface area contributed by atoms with E-state index in [4.69, 9.17) is 17.2 Å². The predicted molar refractivity (Wildman–Crippen MR) is 470 cm³/mol. The van der Waals surface area contributed by atoms with Crippen LogP contribution in [-0.2, 0) is 96.0 Å². The predicted octanol–water partition coefficient (Wildman–Crippen LogP) is -0.509. The zero-order valence-corrected chi connectivity index (χ0v) is 74.2. The van der Waals surface area contributed by atoms with Gasteiger partial charge in [0.2, 0.25) is 94.5 Å². The summed E-state index contributed by atoms with van der Waals surface area (Å²) in [5.74, 6) is -14.3. The molecule has 4 fully saturated rings. The Bertz CT molecular complexity index is 4770. The summed E-state index contributed by atoms with van der Waals surface area (Å²) >= 11 is 0. The summed E-state index contributed by atoms with van der Waals surface area (Å²) in [5, 5.41) is 47.4. The highest BCUT2D eigenvalue weighted by atomic mass is 16.3. The Kier molecular flexibility index (Phi) is 35.7. The summed E-state index contributed by atoms with van der Waals surface area (Å²) in [7, 11) is 4.11. The van der Waals surface area contributed by atoms with Gasteiger partial charge in [0.05, 0.1) is 19.1 Å². The lowest BCUT2D eigenvalue weighted by Gasteiger charge is -2.37. The number of aromatic nitrogens is 2. The molecule has 38 heteroatoms. The number of unbranched alkanes of at least 4 members (excludes halogenated alkanes) is 2. The van der Waals surface area contributed by atoms with Gasteiger partial charge in [-0.3, -0.25) is 76.7 Å². The van der Waals surface area contributed by atoms with E-state index < -0.39 is 211 Å². The average molecular weight is 1770 g/mol. The molecule has 0 saturated carbocycles. The molecule has 4 saturated heterocycles. The first-order valence-corrected chi connectivity index (χ1v) is 44.1. The van der Waals surface area contributed by atoms with Crippen molar-refractivity contribution < 1.29 is 86.9 Å². The number of benzene rings is 3. The molecule has 3 aromatic carbocycles. The van der Waals surface area contributed by atoms with Crippen molar-refractivity contribution in [3.05, 3.63) is 102 Å². The summed E-state index contributed by atoms with van der Waals surface area (Å²) < 4.78 is 0. The van der Waals surface area contributed by atoms with Gasteiger partial charge in [-0.25, -0.2) is 0 Å². The highest BCUT2D eigenvalue weighted by Gasteiger charge is 2.47. The number of carbonyl (C=O) groups excluding carboxylic acids is 16. The third-order valence-corrected chi connectivity index (χ3v) is 24.2. The van der Waals surface area contributed by atoms with Gasteiger partial charge < -0.3 is 115 Å². The molecular formula is C89H128N20O18. The van der Waals surface area contributed by atoms with Crippen LogP contribution in [0.1, 0.15) is 161 Å². The summed E-state index contributed by atoms with van der Waals surface area (Å²) in [6.45, 7) is 10.4. The second-order valence-corrected chi connectivity index (χ2v) is 34.6. The minimum absolute atomic E-state index is 0.0108. The molecule has 6 heterocycles. The number of likely N-dealkylation sites (N-methyl/N-ethyl adjacent to an activating group) is 3. The number of hydrogen-bond donors (Lipinski definition) is 16. The van der Waals surface area contributed by atoms with Gasteiger partial charge in [0.1, 0.15) is 90.3 Å². The standard InChI is InChI=1S/C89H128N20O18/c1-11-13-25-69-81(119)102-63(37-49(3)4)86(124)107-35-19-27-70(107)80(118)95-47-75(113)96-65(39-52-29-31-55(110)32-30-52)84(122)104(8)51(7)76(114)99-67(43-74(92)112)87(125)108-36-20-28-71(108)82(120)103-68(44-91)79(117)100-64(38-50(5)6)88(126)109-48-56(111)42-73(109)83(121)98-62(40-53-45-93-59-23-17-15-21-57(53)59)78(116)97-61(33-34-90)77(115)101-66(41-54-46-94-60-24-18-16-22-58(54)60)85(123)106(10)72(26-14-12-2)89(127)105(69)9/h15-18,21-24,29-32,45-46,49-51,56,61-73,93-94,110-111H,11-14,19-20,25-28,33-44,47-48,90-91H2,1-10H3,(H2,92,112)(H,95,118)(H,96,113)(H,97,116)(H,98,121)(H,99,114)(H,100,117)(H,101,115)(H,102,119)(H,103,120)/t51-,56+,61-,62-,63-,64-,65-,66-,67-,68-,69-,70+,71-,72-,73-/m0/s1. The fourth-order valence-electron chi connectivity index (χ4n) is 17.1. The number of H-pyrrole nitrogens is 2. The molecule has 4 aliphatic rings. The second-order valence-electron chi connectivity index (χ2n) is 34.6. The molecule has 127 heavy (non-hydrogen) atoms. The number of carbonyl (C=O) groups is 16. The molecule has 15 atom stereocenters. The van der Waals surface area contributed by atoms with Crippen molar-refractivity contribution >= 4 is 116 Å².